The van der Waals surface area contributed by atoms with E-state index in [0.29, 0.717) is 19.4 Å². The maximum absolute atomic E-state index is 11.8. The lowest BCUT2D eigenvalue weighted by Gasteiger charge is -2.42. The Balaban J connectivity index is 2.10. The second kappa shape index (κ2) is 8.92. The average Bonchev–Trinajstić information content (AvgIpc) is 2.38. The van der Waals surface area contributed by atoms with Crippen molar-refractivity contribution >= 4 is 12.0 Å². The predicted molar refractivity (Wildman–Crippen MR) is 75.1 cm³/mol. The van der Waals surface area contributed by atoms with Crippen molar-refractivity contribution in [2.24, 2.45) is 0 Å². The fourth-order valence-electron chi connectivity index (χ4n) is 2.34. The van der Waals surface area contributed by atoms with Crippen molar-refractivity contribution in [3.63, 3.8) is 0 Å². The molecule has 0 saturated heterocycles. The Morgan fingerprint density at radius 3 is 2.52 bits per heavy atom. The van der Waals surface area contributed by atoms with Gasteiger partial charge in [-0.1, -0.05) is 6.92 Å². The van der Waals surface area contributed by atoms with Crippen LogP contribution in [-0.4, -0.2) is 73.1 Å². The Hall–Kier alpha value is -1.55. The third kappa shape index (κ3) is 8.03. The summed E-state index contributed by atoms with van der Waals surface area (Å²) in [5.74, 6) is -0.889. The fraction of sp³-hybridized carbons (Fsp3) is 0.846. The Kier molecular flexibility index (Phi) is 7.56. The van der Waals surface area contributed by atoms with Gasteiger partial charge in [0.2, 0.25) is 0 Å². The molecule has 23 heavy (non-hydrogen) atoms. The summed E-state index contributed by atoms with van der Waals surface area (Å²) in [6.07, 6.45) is -3.07. The van der Waals surface area contributed by atoms with Crippen molar-refractivity contribution in [1.82, 2.24) is 15.5 Å². The monoisotopic (exact) mass is 341 g/mol. The van der Waals surface area contributed by atoms with E-state index in [9.17, 15) is 22.8 Å². The third-order valence-electron chi connectivity index (χ3n) is 3.51. The van der Waals surface area contributed by atoms with Crippen LogP contribution >= 0.6 is 0 Å². The largest absolute Gasteiger partial charge is 0.480 e. The minimum atomic E-state index is -4.37. The number of nitrogens with one attached hydrogen (secondary N) is 2. The van der Waals surface area contributed by atoms with Gasteiger partial charge in [0.1, 0.15) is 6.61 Å². The number of carboxylic acid groups (broad SMARTS) is 1. The highest BCUT2D eigenvalue weighted by Gasteiger charge is 2.34. The Morgan fingerprint density at radius 2 is 2.00 bits per heavy atom. The highest BCUT2D eigenvalue weighted by molar-refractivity contribution is 5.74. The number of halogens is 3. The summed E-state index contributed by atoms with van der Waals surface area (Å²) in [6.45, 7) is 0.887. The minimum absolute atomic E-state index is 0.0157. The molecule has 0 atom stereocenters. The molecule has 1 fully saturated rings. The van der Waals surface area contributed by atoms with E-state index >= 15 is 0 Å². The number of urea groups is 1. The number of amides is 2. The zero-order valence-electron chi connectivity index (χ0n) is 12.9. The highest BCUT2D eigenvalue weighted by atomic mass is 19.4. The van der Waals surface area contributed by atoms with Gasteiger partial charge in [-0.25, -0.2) is 4.79 Å². The van der Waals surface area contributed by atoms with Crippen molar-refractivity contribution in [3.05, 3.63) is 0 Å². The smallest absolute Gasteiger partial charge is 0.411 e. The van der Waals surface area contributed by atoms with Gasteiger partial charge in [0.15, 0.2) is 0 Å². The number of carboxylic acids is 1. The number of carbonyl (C=O) groups excluding carboxylic acids is 1. The van der Waals surface area contributed by atoms with Crippen LogP contribution in [0.5, 0.6) is 0 Å². The van der Waals surface area contributed by atoms with Crippen molar-refractivity contribution in [2.45, 2.75) is 38.0 Å². The van der Waals surface area contributed by atoms with Gasteiger partial charge >= 0.3 is 18.2 Å². The fourth-order valence-corrected chi connectivity index (χ4v) is 2.34. The molecule has 0 aliphatic heterocycles. The first-order valence-electron chi connectivity index (χ1n) is 7.36. The molecule has 1 aliphatic carbocycles. The van der Waals surface area contributed by atoms with E-state index < -0.39 is 24.8 Å². The van der Waals surface area contributed by atoms with Gasteiger partial charge in [0, 0.05) is 18.6 Å². The van der Waals surface area contributed by atoms with Crippen LogP contribution in [0.1, 0.15) is 19.8 Å². The van der Waals surface area contributed by atoms with Gasteiger partial charge in [-0.05, 0) is 19.4 Å². The first-order chi connectivity index (χ1) is 10.7. The van der Waals surface area contributed by atoms with Crippen LogP contribution < -0.4 is 10.6 Å². The van der Waals surface area contributed by atoms with Crippen molar-refractivity contribution in [1.29, 1.82) is 0 Å². The highest BCUT2D eigenvalue weighted by Crippen LogP contribution is 2.25. The van der Waals surface area contributed by atoms with Crippen LogP contribution in [0.2, 0.25) is 0 Å². The standard InChI is InChI=1S/C13H22F3N3O4/c1-2-19(7-11(20)21)10-5-9(6-10)18-12(22)17-3-4-23-8-13(14,15)16/h9-10H,2-8H2,1H3,(H,20,21)(H2,17,18,22). The molecule has 3 N–H and O–H groups in total. The normalized spacial score (nSPS) is 20.9. The second-order valence-electron chi connectivity index (χ2n) is 5.35. The van der Waals surface area contributed by atoms with Crippen molar-refractivity contribution < 1.29 is 32.6 Å². The lowest BCUT2D eigenvalue weighted by molar-refractivity contribution is -0.173. The first-order valence-corrected chi connectivity index (χ1v) is 7.36. The van der Waals surface area contributed by atoms with Gasteiger partial charge in [-0.3, -0.25) is 9.69 Å². The molecule has 2 amide bonds. The number of likely N-dealkylation sites (N-methyl/N-ethyl adjacent to an activating group) is 1. The SMILES string of the molecule is CCN(CC(=O)O)C1CC(NC(=O)NCCOCC(F)(F)F)C1. The van der Waals surface area contributed by atoms with Crippen LogP contribution in [0.25, 0.3) is 0 Å². The number of nitrogens with zero attached hydrogens (tertiary/aromatic N) is 1. The van der Waals surface area contributed by atoms with E-state index in [1.165, 1.54) is 0 Å². The zero-order valence-corrected chi connectivity index (χ0v) is 12.9. The molecule has 0 heterocycles. The summed E-state index contributed by atoms with van der Waals surface area (Å²) >= 11 is 0. The van der Waals surface area contributed by atoms with Crippen LogP contribution in [0.15, 0.2) is 0 Å². The molecule has 0 aromatic heterocycles. The number of aliphatic carboxylic acids is 1. The van der Waals surface area contributed by atoms with Gasteiger partial charge in [-0.15, -0.1) is 0 Å². The van der Waals surface area contributed by atoms with Crippen LogP contribution in [-0.2, 0) is 9.53 Å². The lowest BCUT2D eigenvalue weighted by atomic mass is 9.85. The molecule has 0 aromatic rings. The van der Waals surface area contributed by atoms with Crippen LogP contribution in [0.4, 0.5) is 18.0 Å². The van der Waals surface area contributed by atoms with Gasteiger partial charge in [0.05, 0.1) is 13.2 Å². The molecule has 1 saturated carbocycles. The van der Waals surface area contributed by atoms with E-state index in [1.807, 2.05) is 11.8 Å². The van der Waals surface area contributed by atoms with E-state index in [0.717, 1.165) is 0 Å². The van der Waals surface area contributed by atoms with Gasteiger partial charge in [0.25, 0.3) is 0 Å². The molecular formula is C13H22F3N3O4. The Labute approximate surface area is 132 Å². The quantitative estimate of drug-likeness (QED) is 0.540. The molecule has 0 radical (unpaired) electrons. The number of ether oxygens (including phenoxy) is 1. The number of alkyl halides is 3. The summed E-state index contributed by atoms with van der Waals surface area (Å²) in [6, 6.07) is -0.402. The summed E-state index contributed by atoms with van der Waals surface area (Å²) in [5.41, 5.74) is 0. The predicted octanol–water partition coefficient (Wildman–Crippen LogP) is 0.802. The third-order valence-corrected chi connectivity index (χ3v) is 3.51. The van der Waals surface area contributed by atoms with Gasteiger partial charge in [-0.2, -0.15) is 13.2 Å². The zero-order chi connectivity index (χ0) is 17.5. The summed E-state index contributed by atoms with van der Waals surface area (Å²) in [5, 5.41) is 13.9. The number of rotatable bonds is 9. The van der Waals surface area contributed by atoms with Gasteiger partial charge < -0.3 is 20.5 Å². The Morgan fingerprint density at radius 1 is 1.35 bits per heavy atom. The summed E-state index contributed by atoms with van der Waals surface area (Å²) < 4.78 is 39.8. The first kappa shape index (κ1) is 19.5. The molecule has 0 spiro atoms. The minimum Gasteiger partial charge on any atom is -0.480 e. The lowest BCUT2D eigenvalue weighted by Crippen LogP contribution is -2.56. The van der Waals surface area contributed by atoms with Crippen LogP contribution in [0, 0.1) is 0 Å². The summed E-state index contributed by atoms with van der Waals surface area (Å²) in [7, 11) is 0. The molecular weight excluding hydrogens is 319 g/mol. The molecule has 134 valence electrons. The molecule has 0 aromatic carbocycles. The number of carbonyl (C=O) groups is 2. The van der Waals surface area contributed by atoms with E-state index in [2.05, 4.69) is 15.4 Å². The average molecular weight is 341 g/mol. The Bertz CT molecular complexity index is 400. The molecule has 0 unspecified atom stereocenters. The molecule has 1 aliphatic rings. The topological polar surface area (TPSA) is 90.9 Å². The maximum Gasteiger partial charge on any atom is 0.411 e. The number of hydrogen-bond donors (Lipinski definition) is 3. The number of hydrogen-bond acceptors (Lipinski definition) is 4. The molecule has 1 rings (SSSR count). The molecule has 7 nitrogen and oxygen atoms in total. The van der Waals surface area contributed by atoms with Crippen LogP contribution in [0.3, 0.4) is 0 Å². The second-order valence-corrected chi connectivity index (χ2v) is 5.35. The van der Waals surface area contributed by atoms with E-state index in [4.69, 9.17) is 5.11 Å². The summed E-state index contributed by atoms with van der Waals surface area (Å²) in [4.78, 5) is 24.0. The van der Waals surface area contributed by atoms with Crippen molar-refractivity contribution in [2.75, 3.05) is 32.8 Å². The molecule has 10 heteroatoms. The van der Waals surface area contributed by atoms with E-state index in [-0.39, 0.29) is 31.8 Å². The van der Waals surface area contributed by atoms with Crippen molar-refractivity contribution in [3.8, 4) is 0 Å². The maximum atomic E-state index is 11.8. The molecule has 0 bridgehead atoms. The van der Waals surface area contributed by atoms with E-state index in [1.54, 1.807) is 0 Å².